The van der Waals surface area contributed by atoms with Gasteiger partial charge in [-0.3, -0.25) is 0 Å². The summed E-state index contributed by atoms with van der Waals surface area (Å²) in [6.07, 6.45) is 8.47. The highest BCUT2D eigenvalue weighted by Crippen LogP contribution is 2.17. The highest BCUT2D eigenvalue weighted by atomic mass is 15.0. The zero-order chi connectivity index (χ0) is 12.1. The molecule has 2 rings (SSSR count). The molecule has 0 spiro atoms. The first-order valence-electron chi connectivity index (χ1n) is 7.13. The number of aromatic nitrogens is 1. The van der Waals surface area contributed by atoms with E-state index in [1.807, 2.05) is 0 Å². The highest BCUT2D eigenvalue weighted by molar-refractivity contribution is 5.13. The molecule has 0 unspecified atom stereocenters. The lowest BCUT2D eigenvalue weighted by atomic mass is 10.1. The Kier molecular flexibility index (Phi) is 4.66. The lowest BCUT2D eigenvalue weighted by molar-refractivity contribution is 0.442. The van der Waals surface area contributed by atoms with Gasteiger partial charge in [0.05, 0.1) is 0 Å². The van der Waals surface area contributed by atoms with Crippen molar-refractivity contribution >= 4 is 0 Å². The molecular weight excluding hydrogens is 208 g/mol. The number of nitrogens with zero attached hydrogens (tertiary/aromatic N) is 1. The van der Waals surface area contributed by atoms with E-state index in [9.17, 15) is 0 Å². The molecule has 1 N–H and O–H groups in total. The van der Waals surface area contributed by atoms with Gasteiger partial charge >= 0.3 is 0 Å². The van der Waals surface area contributed by atoms with Gasteiger partial charge in [-0.1, -0.05) is 25.7 Å². The minimum Gasteiger partial charge on any atom is -0.348 e. The third-order valence-corrected chi connectivity index (χ3v) is 4.04. The van der Waals surface area contributed by atoms with Crippen LogP contribution in [0.15, 0.2) is 12.1 Å². The molecule has 1 heterocycles. The van der Waals surface area contributed by atoms with Crippen LogP contribution in [0.1, 0.15) is 49.9 Å². The van der Waals surface area contributed by atoms with Crippen molar-refractivity contribution in [3.63, 3.8) is 0 Å². The monoisotopic (exact) mass is 234 g/mol. The zero-order valence-electron chi connectivity index (χ0n) is 11.3. The Labute approximate surface area is 105 Å². The van der Waals surface area contributed by atoms with Crippen LogP contribution < -0.4 is 5.32 Å². The predicted molar refractivity (Wildman–Crippen MR) is 73.4 cm³/mol. The van der Waals surface area contributed by atoms with Gasteiger partial charge in [-0.25, -0.2) is 0 Å². The maximum atomic E-state index is 3.73. The molecule has 0 saturated heterocycles. The third kappa shape index (κ3) is 3.60. The second kappa shape index (κ2) is 6.25. The van der Waals surface area contributed by atoms with Gasteiger partial charge in [-0.2, -0.15) is 0 Å². The molecule has 0 atom stereocenters. The first-order chi connectivity index (χ1) is 8.27. The van der Waals surface area contributed by atoms with Crippen LogP contribution in [0.3, 0.4) is 0 Å². The van der Waals surface area contributed by atoms with E-state index in [4.69, 9.17) is 0 Å². The molecule has 1 fully saturated rings. The summed E-state index contributed by atoms with van der Waals surface area (Å²) in [5.74, 6) is 0. The van der Waals surface area contributed by atoms with Crippen molar-refractivity contribution in [3.05, 3.63) is 23.5 Å². The van der Waals surface area contributed by atoms with Crippen LogP contribution in [-0.2, 0) is 6.54 Å². The molecule has 17 heavy (non-hydrogen) atoms. The fourth-order valence-corrected chi connectivity index (χ4v) is 2.92. The van der Waals surface area contributed by atoms with Crippen LogP contribution in [0.5, 0.6) is 0 Å². The van der Waals surface area contributed by atoms with Crippen molar-refractivity contribution in [1.82, 2.24) is 9.88 Å². The van der Waals surface area contributed by atoms with E-state index in [2.05, 4.69) is 35.9 Å². The quantitative estimate of drug-likeness (QED) is 0.790. The maximum absolute atomic E-state index is 3.73. The van der Waals surface area contributed by atoms with E-state index in [0.29, 0.717) is 0 Å². The zero-order valence-corrected chi connectivity index (χ0v) is 11.3. The van der Waals surface area contributed by atoms with Crippen LogP contribution in [-0.4, -0.2) is 17.2 Å². The molecule has 96 valence electrons. The summed E-state index contributed by atoms with van der Waals surface area (Å²) >= 11 is 0. The van der Waals surface area contributed by atoms with Gasteiger partial charge < -0.3 is 9.88 Å². The second-order valence-electron chi connectivity index (χ2n) is 5.41. The lowest BCUT2D eigenvalue weighted by Gasteiger charge is -2.17. The van der Waals surface area contributed by atoms with E-state index >= 15 is 0 Å². The van der Waals surface area contributed by atoms with Gasteiger partial charge in [0.1, 0.15) is 0 Å². The van der Waals surface area contributed by atoms with Gasteiger partial charge in [0.25, 0.3) is 0 Å². The van der Waals surface area contributed by atoms with Crippen LogP contribution in [0.2, 0.25) is 0 Å². The standard InChI is InChI=1S/C15H26N2/c1-13-9-10-14(2)17(13)12-11-16-15-7-5-3-4-6-8-15/h9-10,15-16H,3-8,11-12H2,1-2H3. The smallest absolute Gasteiger partial charge is 0.0349 e. The molecule has 1 aromatic heterocycles. The summed E-state index contributed by atoms with van der Waals surface area (Å²) in [6.45, 7) is 6.61. The summed E-state index contributed by atoms with van der Waals surface area (Å²) in [5, 5.41) is 3.73. The minimum absolute atomic E-state index is 0.772. The number of aryl methyl sites for hydroxylation is 2. The topological polar surface area (TPSA) is 17.0 Å². The molecule has 2 heteroatoms. The summed E-state index contributed by atoms with van der Waals surface area (Å²) in [7, 11) is 0. The molecule has 0 aromatic carbocycles. The molecule has 2 nitrogen and oxygen atoms in total. The summed E-state index contributed by atoms with van der Waals surface area (Å²) in [5.41, 5.74) is 2.76. The van der Waals surface area contributed by atoms with E-state index in [1.165, 1.54) is 49.9 Å². The molecule has 1 aliphatic rings. The first-order valence-corrected chi connectivity index (χ1v) is 7.13. The van der Waals surface area contributed by atoms with E-state index in [1.54, 1.807) is 0 Å². The summed E-state index contributed by atoms with van der Waals surface area (Å²) < 4.78 is 2.41. The minimum atomic E-state index is 0.772. The molecule has 0 amide bonds. The molecule has 1 saturated carbocycles. The van der Waals surface area contributed by atoms with Crippen molar-refractivity contribution in [1.29, 1.82) is 0 Å². The molecule has 1 aliphatic carbocycles. The Morgan fingerprint density at radius 2 is 1.65 bits per heavy atom. The predicted octanol–water partition coefficient (Wildman–Crippen LogP) is 3.42. The fourth-order valence-electron chi connectivity index (χ4n) is 2.92. The first kappa shape index (κ1) is 12.7. The second-order valence-corrected chi connectivity index (χ2v) is 5.41. The van der Waals surface area contributed by atoms with Crippen LogP contribution in [0.4, 0.5) is 0 Å². The van der Waals surface area contributed by atoms with Gasteiger partial charge in [0, 0.05) is 30.5 Å². The molecule has 0 radical (unpaired) electrons. The van der Waals surface area contributed by atoms with E-state index in [-0.39, 0.29) is 0 Å². The van der Waals surface area contributed by atoms with Crippen LogP contribution in [0.25, 0.3) is 0 Å². The van der Waals surface area contributed by atoms with Gasteiger partial charge in [-0.15, -0.1) is 0 Å². The molecular formula is C15H26N2. The SMILES string of the molecule is Cc1ccc(C)n1CCNC1CCCCCC1. The number of nitrogens with one attached hydrogen (secondary N) is 1. The molecule has 1 aromatic rings. The average Bonchev–Trinajstić information content (AvgIpc) is 2.57. The van der Waals surface area contributed by atoms with Gasteiger partial charge in [0.15, 0.2) is 0 Å². The van der Waals surface area contributed by atoms with Crippen molar-refractivity contribution in [2.45, 2.75) is 65.0 Å². The molecule has 0 aliphatic heterocycles. The summed E-state index contributed by atoms with van der Waals surface area (Å²) in [4.78, 5) is 0. The average molecular weight is 234 g/mol. The maximum Gasteiger partial charge on any atom is 0.0349 e. The Morgan fingerprint density at radius 1 is 1.06 bits per heavy atom. The van der Waals surface area contributed by atoms with Crippen LogP contribution in [0, 0.1) is 13.8 Å². The number of rotatable bonds is 4. The van der Waals surface area contributed by atoms with Crippen LogP contribution >= 0.6 is 0 Å². The lowest BCUT2D eigenvalue weighted by Crippen LogP contribution is -2.31. The number of hydrogen-bond donors (Lipinski definition) is 1. The van der Waals surface area contributed by atoms with E-state index in [0.717, 1.165) is 19.1 Å². The summed E-state index contributed by atoms with van der Waals surface area (Å²) in [6, 6.07) is 5.19. The Morgan fingerprint density at radius 3 is 2.24 bits per heavy atom. The van der Waals surface area contributed by atoms with Crippen molar-refractivity contribution in [3.8, 4) is 0 Å². The van der Waals surface area contributed by atoms with Crippen molar-refractivity contribution in [2.24, 2.45) is 0 Å². The third-order valence-electron chi connectivity index (χ3n) is 4.04. The van der Waals surface area contributed by atoms with Gasteiger partial charge in [-0.05, 0) is 38.8 Å². The molecule has 0 bridgehead atoms. The Hall–Kier alpha value is -0.760. The van der Waals surface area contributed by atoms with Gasteiger partial charge in [0.2, 0.25) is 0 Å². The van der Waals surface area contributed by atoms with Crippen molar-refractivity contribution < 1.29 is 0 Å². The largest absolute Gasteiger partial charge is 0.348 e. The Bertz CT molecular complexity index is 313. The van der Waals surface area contributed by atoms with E-state index < -0.39 is 0 Å². The highest BCUT2D eigenvalue weighted by Gasteiger charge is 2.11. The Balaban J connectivity index is 1.75. The number of hydrogen-bond acceptors (Lipinski definition) is 1. The normalized spacial score (nSPS) is 18.2. The van der Waals surface area contributed by atoms with Crippen molar-refractivity contribution in [2.75, 3.05) is 6.54 Å². The fraction of sp³-hybridized carbons (Fsp3) is 0.733.